The topological polar surface area (TPSA) is 42.4 Å². The Morgan fingerprint density at radius 3 is 2.73 bits per heavy atom. The summed E-state index contributed by atoms with van der Waals surface area (Å²) in [7, 11) is 1.67. The van der Waals surface area contributed by atoms with Crippen LogP contribution in [0.5, 0.6) is 5.75 Å². The van der Waals surface area contributed by atoms with Crippen molar-refractivity contribution in [3.05, 3.63) is 95.1 Å². The van der Waals surface area contributed by atoms with E-state index in [1.165, 1.54) is 12.1 Å². The Labute approximate surface area is 176 Å². The van der Waals surface area contributed by atoms with Crippen LogP contribution in [0.1, 0.15) is 46.1 Å². The number of likely N-dealkylation sites (tertiary alicyclic amines) is 1. The Kier molecular flexibility index (Phi) is 6.07. The molecular formula is C25H25FN2O2. The minimum absolute atomic E-state index is 0.0489. The quantitative estimate of drug-likeness (QED) is 0.611. The average molecular weight is 404 g/mol. The maximum Gasteiger partial charge on any atom is 0.253 e. The van der Waals surface area contributed by atoms with Crippen LogP contribution in [0.4, 0.5) is 4.39 Å². The van der Waals surface area contributed by atoms with Crippen molar-refractivity contribution in [2.75, 3.05) is 20.2 Å². The van der Waals surface area contributed by atoms with Crippen LogP contribution in [0.2, 0.25) is 0 Å². The number of benzene rings is 2. The molecular weight excluding hydrogens is 379 g/mol. The zero-order chi connectivity index (χ0) is 20.9. The fourth-order valence-corrected chi connectivity index (χ4v) is 3.99. The maximum absolute atomic E-state index is 13.2. The highest BCUT2D eigenvalue weighted by molar-refractivity contribution is 5.94. The first kappa shape index (κ1) is 20.1. The number of carbonyl (C=O) groups excluding carboxylic acids is 1. The predicted octanol–water partition coefficient (Wildman–Crippen LogP) is 4.84. The summed E-state index contributed by atoms with van der Waals surface area (Å²) in [5.41, 5.74) is 3.70. The van der Waals surface area contributed by atoms with Crippen LogP contribution < -0.4 is 4.74 Å². The Morgan fingerprint density at radius 2 is 1.93 bits per heavy atom. The highest BCUT2D eigenvalue weighted by Gasteiger charge is 2.26. The molecule has 154 valence electrons. The van der Waals surface area contributed by atoms with Gasteiger partial charge in [0.15, 0.2) is 0 Å². The van der Waals surface area contributed by atoms with Crippen molar-refractivity contribution >= 4 is 5.91 Å². The molecule has 1 saturated heterocycles. The van der Waals surface area contributed by atoms with Gasteiger partial charge in [0.05, 0.1) is 7.11 Å². The minimum atomic E-state index is -0.333. The van der Waals surface area contributed by atoms with Crippen molar-refractivity contribution in [1.82, 2.24) is 9.88 Å². The Bertz CT molecular complexity index is 1020. The van der Waals surface area contributed by atoms with Crippen molar-refractivity contribution in [2.24, 2.45) is 0 Å². The number of piperidine rings is 1. The molecule has 5 heteroatoms. The second kappa shape index (κ2) is 9.08. The first-order valence-corrected chi connectivity index (χ1v) is 10.3. The average Bonchev–Trinajstić information content (AvgIpc) is 2.79. The van der Waals surface area contributed by atoms with E-state index in [1.54, 1.807) is 19.2 Å². The number of hydrogen-bond acceptors (Lipinski definition) is 3. The van der Waals surface area contributed by atoms with Gasteiger partial charge in [-0.2, -0.15) is 0 Å². The molecule has 0 aliphatic carbocycles. The predicted molar refractivity (Wildman–Crippen MR) is 114 cm³/mol. The first-order chi connectivity index (χ1) is 14.6. The van der Waals surface area contributed by atoms with Crippen molar-refractivity contribution < 1.29 is 13.9 Å². The zero-order valence-corrected chi connectivity index (χ0v) is 17.1. The lowest BCUT2D eigenvalue weighted by atomic mass is 9.93. The summed E-state index contributed by atoms with van der Waals surface area (Å²) >= 11 is 0. The van der Waals surface area contributed by atoms with Crippen molar-refractivity contribution in [3.63, 3.8) is 0 Å². The third-order valence-corrected chi connectivity index (χ3v) is 5.57. The largest absolute Gasteiger partial charge is 0.497 e. The highest BCUT2D eigenvalue weighted by Crippen LogP contribution is 2.27. The lowest BCUT2D eigenvalue weighted by Crippen LogP contribution is -2.39. The van der Waals surface area contributed by atoms with Crippen LogP contribution in [0.25, 0.3) is 0 Å². The van der Waals surface area contributed by atoms with Crippen molar-refractivity contribution in [3.8, 4) is 5.75 Å². The smallest absolute Gasteiger partial charge is 0.253 e. The highest BCUT2D eigenvalue weighted by atomic mass is 19.1. The molecule has 2 aromatic carbocycles. The van der Waals surface area contributed by atoms with Crippen LogP contribution in [-0.4, -0.2) is 36.0 Å². The molecule has 4 nitrogen and oxygen atoms in total. The SMILES string of the molecule is COc1cccc(Cc2cccc(C3CCCN(C(=O)c4ccc(F)cc4)C3)n2)c1. The third kappa shape index (κ3) is 4.67. The summed E-state index contributed by atoms with van der Waals surface area (Å²) in [6.45, 7) is 1.35. The van der Waals surface area contributed by atoms with Crippen LogP contribution in [-0.2, 0) is 6.42 Å². The van der Waals surface area contributed by atoms with Gasteiger partial charge < -0.3 is 9.64 Å². The van der Waals surface area contributed by atoms with Gasteiger partial charge in [0.2, 0.25) is 0 Å². The third-order valence-electron chi connectivity index (χ3n) is 5.57. The molecule has 1 aromatic heterocycles. The van der Waals surface area contributed by atoms with Crippen molar-refractivity contribution in [2.45, 2.75) is 25.2 Å². The van der Waals surface area contributed by atoms with E-state index in [-0.39, 0.29) is 17.6 Å². The molecule has 1 atom stereocenters. The molecule has 3 aromatic rings. The first-order valence-electron chi connectivity index (χ1n) is 10.3. The van der Waals surface area contributed by atoms with E-state index in [9.17, 15) is 9.18 Å². The number of nitrogens with zero attached hydrogens (tertiary/aromatic N) is 2. The molecule has 1 fully saturated rings. The van der Waals surface area contributed by atoms with Crippen LogP contribution >= 0.6 is 0 Å². The van der Waals surface area contributed by atoms with E-state index >= 15 is 0 Å². The lowest BCUT2D eigenvalue weighted by Gasteiger charge is -2.32. The molecule has 1 aliphatic heterocycles. The van der Waals surface area contributed by atoms with Gasteiger partial charge in [0.1, 0.15) is 11.6 Å². The molecule has 4 rings (SSSR count). The summed E-state index contributed by atoms with van der Waals surface area (Å²) in [5.74, 6) is 0.659. The van der Waals surface area contributed by atoms with E-state index < -0.39 is 0 Å². The van der Waals surface area contributed by atoms with Gasteiger partial charge in [-0.1, -0.05) is 18.2 Å². The molecule has 1 unspecified atom stereocenters. The van der Waals surface area contributed by atoms with Gasteiger partial charge in [-0.15, -0.1) is 0 Å². The second-order valence-electron chi connectivity index (χ2n) is 7.68. The van der Waals surface area contributed by atoms with Crippen molar-refractivity contribution in [1.29, 1.82) is 0 Å². The van der Waals surface area contributed by atoms with Gasteiger partial charge >= 0.3 is 0 Å². The number of hydrogen-bond donors (Lipinski definition) is 0. The summed E-state index contributed by atoms with van der Waals surface area (Å²) < 4.78 is 18.5. The lowest BCUT2D eigenvalue weighted by molar-refractivity contribution is 0.0706. The Morgan fingerprint density at radius 1 is 1.13 bits per heavy atom. The maximum atomic E-state index is 13.2. The van der Waals surface area contributed by atoms with E-state index in [0.717, 1.165) is 48.5 Å². The van der Waals surface area contributed by atoms with Gasteiger partial charge in [-0.25, -0.2) is 4.39 Å². The molecule has 1 amide bonds. The molecule has 0 bridgehead atoms. The molecule has 0 saturated carbocycles. The molecule has 0 radical (unpaired) electrons. The summed E-state index contributed by atoms with van der Waals surface area (Å²) in [6, 6.07) is 19.9. The zero-order valence-electron chi connectivity index (χ0n) is 17.1. The number of ether oxygens (including phenoxy) is 1. The number of pyridine rings is 1. The fraction of sp³-hybridized carbons (Fsp3) is 0.280. The molecule has 0 spiro atoms. The van der Waals surface area contributed by atoms with Gasteiger partial charge in [0.25, 0.3) is 5.91 Å². The van der Waals surface area contributed by atoms with E-state index in [1.807, 2.05) is 41.3 Å². The molecule has 2 heterocycles. The van der Waals surface area contributed by atoms with Crippen LogP contribution in [0, 0.1) is 5.82 Å². The molecule has 30 heavy (non-hydrogen) atoms. The molecule has 0 N–H and O–H groups in total. The normalized spacial score (nSPS) is 16.3. The van der Waals surface area contributed by atoms with E-state index in [2.05, 4.69) is 6.07 Å². The number of methoxy groups -OCH3 is 1. The van der Waals surface area contributed by atoms with Crippen LogP contribution in [0.15, 0.2) is 66.7 Å². The van der Waals surface area contributed by atoms with Crippen LogP contribution in [0.3, 0.4) is 0 Å². The number of halogens is 1. The number of amides is 1. The van der Waals surface area contributed by atoms with E-state index in [4.69, 9.17) is 9.72 Å². The Balaban J connectivity index is 1.47. The monoisotopic (exact) mass is 404 g/mol. The number of rotatable bonds is 5. The number of aromatic nitrogens is 1. The summed E-state index contributed by atoms with van der Waals surface area (Å²) in [5, 5.41) is 0. The standard InChI is InChI=1S/C25H25FN2O2/c1-30-23-8-2-5-18(16-23)15-22-7-3-9-24(27-22)20-6-4-14-28(17-20)25(29)19-10-12-21(26)13-11-19/h2-3,5,7-13,16,20H,4,6,14-15,17H2,1H3. The van der Waals surface area contributed by atoms with Gasteiger partial charge in [-0.05, 0) is 66.9 Å². The van der Waals surface area contributed by atoms with Gasteiger partial charge in [-0.3, -0.25) is 9.78 Å². The van der Waals surface area contributed by atoms with Gasteiger partial charge in [0, 0.05) is 42.4 Å². The summed E-state index contributed by atoms with van der Waals surface area (Å²) in [6.07, 6.45) is 2.66. The van der Waals surface area contributed by atoms with E-state index in [0.29, 0.717) is 12.1 Å². The molecule has 1 aliphatic rings. The Hall–Kier alpha value is -3.21. The minimum Gasteiger partial charge on any atom is -0.497 e. The fourth-order valence-electron chi connectivity index (χ4n) is 3.99. The number of carbonyl (C=O) groups is 1. The second-order valence-corrected chi connectivity index (χ2v) is 7.68. The summed E-state index contributed by atoms with van der Waals surface area (Å²) in [4.78, 5) is 19.6.